The lowest BCUT2D eigenvalue weighted by Crippen LogP contribution is -2.48. The van der Waals surface area contributed by atoms with Gasteiger partial charge in [-0.1, -0.05) is 17.3 Å². The highest BCUT2D eigenvalue weighted by Crippen LogP contribution is 2.15. The van der Waals surface area contributed by atoms with Crippen LogP contribution < -0.4 is 5.73 Å². The number of anilines is 1. The highest BCUT2D eigenvalue weighted by Gasteiger charge is 2.23. The van der Waals surface area contributed by atoms with Gasteiger partial charge < -0.3 is 19.9 Å². The summed E-state index contributed by atoms with van der Waals surface area (Å²) in [6.07, 6.45) is 0.234. The maximum atomic E-state index is 12.5. The Morgan fingerprint density at radius 3 is 2.48 bits per heavy atom. The van der Waals surface area contributed by atoms with Crippen LogP contribution in [0.5, 0.6) is 0 Å². The number of rotatable bonds is 7. The number of halogens is 2. The largest absolute Gasteiger partial charge is 0.399 e. The summed E-state index contributed by atoms with van der Waals surface area (Å²) in [6.45, 7) is 8.01. The number of carbonyl (C=O) groups is 1. The number of nitrogens with two attached hydrogens (primary N) is 1. The molecule has 1 aromatic carbocycles. The fourth-order valence-electron chi connectivity index (χ4n) is 3.09. The van der Waals surface area contributed by atoms with E-state index in [-0.39, 0.29) is 36.8 Å². The lowest BCUT2D eigenvalue weighted by atomic mass is 10.1. The molecule has 1 atom stereocenters. The van der Waals surface area contributed by atoms with Crippen LogP contribution in [0.15, 0.2) is 28.8 Å². The predicted octanol–water partition coefficient (Wildman–Crippen LogP) is 2.48. The molecule has 1 aliphatic heterocycles. The van der Waals surface area contributed by atoms with Gasteiger partial charge in [0, 0.05) is 38.5 Å². The second kappa shape index (κ2) is 12.0. The zero-order valence-corrected chi connectivity index (χ0v) is 18.4. The number of hydrogen-bond acceptors (Lipinski definition) is 7. The van der Waals surface area contributed by atoms with Crippen molar-refractivity contribution in [3.05, 3.63) is 41.5 Å². The van der Waals surface area contributed by atoms with E-state index in [9.17, 15) is 4.79 Å². The van der Waals surface area contributed by atoms with Crippen LogP contribution in [0.1, 0.15) is 37.2 Å². The Morgan fingerprint density at radius 1 is 1.21 bits per heavy atom. The van der Waals surface area contributed by atoms with Gasteiger partial charge in [-0.25, -0.2) is 0 Å². The molecule has 1 aliphatic rings. The molecule has 0 saturated carbocycles. The predicted molar refractivity (Wildman–Crippen MR) is 115 cm³/mol. The van der Waals surface area contributed by atoms with Gasteiger partial charge >= 0.3 is 0 Å². The van der Waals surface area contributed by atoms with Crippen molar-refractivity contribution in [3.63, 3.8) is 0 Å². The third-order valence-electron chi connectivity index (χ3n) is 4.68. The van der Waals surface area contributed by atoms with Gasteiger partial charge in [0.25, 0.3) is 0 Å². The Hall–Kier alpha value is -1.87. The average Bonchev–Trinajstić information content (AvgIpc) is 3.13. The van der Waals surface area contributed by atoms with E-state index in [0.717, 1.165) is 18.7 Å². The van der Waals surface area contributed by atoms with E-state index in [4.69, 9.17) is 15.0 Å². The molecule has 2 aromatic rings. The van der Waals surface area contributed by atoms with Crippen molar-refractivity contribution >= 4 is 36.4 Å². The van der Waals surface area contributed by atoms with Crippen molar-refractivity contribution in [1.82, 2.24) is 19.9 Å². The maximum absolute atomic E-state index is 12.5. The van der Waals surface area contributed by atoms with Crippen molar-refractivity contribution in [2.75, 3.05) is 38.5 Å². The number of carbonyl (C=O) groups excluding carboxylic acids is 1. The molecule has 2 N–H and O–H groups in total. The first-order valence-electron chi connectivity index (χ1n) is 9.33. The third-order valence-corrected chi connectivity index (χ3v) is 4.68. The zero-order chi connectivity index (χ0) is 19.2. The second-order valence-electron chi connectivity index (χ2n) is 6.72. The Labute approximate surface area is 183 Å². The van der Waals surface area contributed by atoms with Crippen LogP contribution in [0.2, 0.25) is 0 Å². The molecule has 1 aromatic heterocycles. The fourth-order valence-corrected chi connectivity index (χ4v) is 3.09. The molecular formula is C19H29Cl2N5O3. The SMILES string of the molecule is CCOC(C)c1noc(CN2CCN(C(=O)Cc3ccc(N)cc3)CC2)n1.Cl.Cl. The topological polar surface area (TPSA) is 97.7 Å². The lowest BCUT2D eigenvalue weighted by Gasteiger charge is -2.34. The van der Waals surface area contributed by atoms with Gasteiger partial charge in [0.05, 0.1) is 13.0 Å². The molecule has 0 aliphatic carbocycles. The van der Waals surface area contributed by atoms with Gasteiger partial charge in [-0.15, -0.1) is 24.8 Å². The minimum atomic E-state index is -0.171. The minimum absolute atomic E-state index is 0. The second-order valence-corrected chi connectivity index (χ2v) is 6.72. The highest BCUT2D eigenvalue weighted by molar-refractivity contribution is 5.85. The summed E-state index contributed by atoms with van der Waals surface area (Å²) in [7, 11) is 0. The maximum Gasteiger partial charge on any atom is 0.240 e. The van der Waals surface area contributed by atoms with Crippen LogP contribution >= 0.6 is 24.8 Å². The van der Waals surface area contributed by atoms with Gasteiger partial charge in [0.2, 0.25) is 11.8 Å². The van der Waals surface area contributed by atoms with Crippen LogP contribution in [0.25, 0.3) is 0 Å². The van der Waals surface area contributed by atoms with E-state index in [2.05, 4.69) is 15.0 Å². The number of aromatic nitrogens is 2. The molecule has 1 fully saturated rings. The molecule has 2 heterocycles. The summed E-state index contributed by atoms with van der Waals surface area (Å²) in [4.78, 5) is 21.0. The van der Waals surface area contributed by atoms with E-state index in [1.165, 1.54) is 0 Å². The smallest absolute Gasteiger partial charge is 0.240 e. The van der Waals surface area contributed by atoms with Crippen LogP contribution in [-0.2, 0) is 22.5 Å². The molecule has 0 radical (unpaired) electrons. The van der Waals surface area contributed by atoms with Gasteiger partial charge in [-0.2, -0.15) is 4.98 Å². The molecule has 162 valence electrons. The monoisotopic (exact) mass is 445 g/mol. The third kappa shape index (κ3) is 7.15. The molecular weight excluding hydrogens is 417 g/mol. The zero-order valence-electron chi connectivity index (χ0n) is 16.7. The van der Waals surface area contributed by atoms with Crippen molar-refractivity contribution in [2.24, 2.45) is 0 Å². The first kappa shape index (κ1) is 25.2. The van der Waals surface area contributed by atoms with E-state index >= 15 is 0 Å². The number of nitrogens with zero attached hydrogens (tertiary/aromatic N) is 4. The molecule has 1 saturated heterocycles. The molecule has 1 amide bonds. The molecule has 1 unspecified atom stereocenters. The summed E-state index contributed by atoms with van der Waals surface area (Å²) < 4.78 is 10.8. The molecule has 3 rings (SSSR count). The Morgan fingerprint density at radius 2 is 1.86 bits per heavy atom. The fraction of sp³-hybridized carbons (Fsp3) is 0.526. The van der Waals surface area contributed by atoms with Gasteiger partial charge in [0.15, 0.2) is 5.82 Å². The van der Waals surface area contributed by atoms with Crippen LogP contribution in [0, 0.1) is 0 Å². The minimum Gasteiger partial charge on any atom is -0.399 e. The van der Waals surface area contributed by atoms with E-state index in [1.807, 2.05) is 43.0 Å². The van der Waals surface area contributed by atoms with E-state index in [1.54, 1.807) is 0 Å². The summed E-state index contributed by atoms with van der Waals surface area (Å²) >= 11 is 0. The van der Waals surface area contributed by atoms with Crippen LogP contribution in [0.4, 0.5) is 5.69 Å². The quantitative estimate of drug-likeness (QED) is 0.653. The van der Waals surface area contributed by atoms with Crippen molar-refractivity contribution in [2.45, 2.75) is 32.9 Å². The highest BCUT2D eigenvalue weighted by atomic mass is 35.5. The normalized spacial score (nSPS) is 15.3. The van der Waals surface area contributed by atoms with Crippen molar-refractivity contribution in [1.29, 1.82) is 0 Å². The Bertz CT molecular complexity index is 749. The van der Waals surface area contributed by atoms with Gasteiger partial charge in [0.1, 0.15) is 6.10 Å². The van der Waals surface area contributed by atoms with Crippen LogP contribution in [0.3, 0.4) is 0 Å². The molecule has 10 heteroatoms. The van der Waals surface area contributed by atoms with Gasteiger partial charge in [-0.3, -0.25) is 9.69 Å². The number of ether oxygens (including phenoxy) is 1. The van der Waals surface area contributed by atoms with Crippen molar-refractivity contribution in [3.8, 4) is 0 Å². The van der Waals surface area contributed by atoms with Gasteiger partial charge in [-0.05, 0) is 31.5 Å². The lowest BCUT2D eigenvalue weighted by molar-refractivity contribution is -0.132. The summed E-state index contributed by atoms with van der Waals surface area (Å²) in [6, 6.07) is 7.46. The number of benzene rings is 1. The standard InChI is InChI=1S/C19H27N5O3.2ClH/c1-3-26-14(2)19-21-17(27-22-19)13-23-8-10-24(11-9-23)18(25)12-15-4-6-16(20)7-5-15;;/h4-7,14H,3,8-13,20H2,1-2H3;2*1H. The van der Waals surface area contributed by atoms with Crippen molar-refractivity contribution < 1.29 is 14.1 Å². The number of piperazine rings is 1. The summed E-state index contributed by atoms with van der Waals surface area (Å²) in [5.74, 6) is 1.30. The number of hydrogen-bond donors (Lipinski definition) is 1. The molecule has 0 spiro atoms. The van der Waals surface area contributed by atoms with Crippen LogP contribution in [-0.4, -0.2) is 58.6 Å². The summed E-state index contributed by atoms with van der Waals surface area (Å²) in [5.41, 5.74) is 7.38. The first-order chi connectivity index (χ1) is 13.0. The number of amides is 1. The molecule has 0 bridgehead atoms. The Balaban J connectivity index is 0.00000210. The first-order valence-corrected chi connectivity index (χ1v) is 9.33. The Kier molecular flexibility index (Phi) is 10.4. The summed E-state index contributed by atoms with van der Waals surface area (Å²) in [5, 5.41) is 3.99. The molecule has 29 heavy (non-hydrogen) atoms. The average molecular weight is 446 g/mol. The van der Waals surface area contributed by atoms with E-state index in [0.29, 0.717) is 50.1 Å². The molecule has 8 nitrogen and oxygen atoms in total. The van der Waals surface area contributed by atoms with E-state index < -0.39 is 0 Å². The number of nitrogen functional groups attached to an aromatic ring is 1.